The smallest absolute Gasteiger partial charge is 0.126 e. The van der Waals surface area contributed by atoms with E-state index >= 15 is 0 Å². The minimum Gasteiger partial charge on any atom is -0.304 e. The van der Waals surface area contributed by atoms with Crippen molar-refractivity contribution in [3.05, 3.63) is 34.1 Å². The van der Waals surface area contributed by atoms with Crippen LogP contribution < -0.4 is 11.3 Å². The Morgan fingerprint density at radius 1 is 1.37 bits per heavy atom. The Kier molecular flexibility index (Phi) is 7.53. The zero-order valence-corrected chi connectivity index (χ0v) is 13.2. The number of halogens is 2. The summed E-state index contributed by atoms with van der Waals surface area (Å²) in [5.74, 6) is 5.40. The Hall–Kier alpha value is -0.490. The predicted octanol–water partition coefficient (Wildman–Crippen LogP) is 2.69. The molecule has 1 aromatic carbocycles. The molecule has 1 aromatic rings. The number of hydrogen-bond acceptors (Lipinski definition) is 3. The molecule has 1 unspecified atom stereocenters. The lowest BCUT2D eigenvalue weighted by atomic mass is 10.0. The van der Waals surface area contributed by atoms with Gasteiger partial charge in [-0.15, -0.1) is 0 Å². The monoisotopic (exact) mass is 331 g/mol. The summed E-state index contributed by atoms with van der Waals surface area (Å²) in [5, 5.41) is 0. The van der Waals surface area contributed by atoms with Crippen molar-refractivity contribution < 1.29 is 4.39 Å². The first-order valence-corrected chi connectivity index (χ1v) is 7.52. The van der Waals surface area contributed by atoms with Crippen molar-refractivity contribution in [1.82, 2.24) is 10.3 Å². The normalized spacial score (nSPS) is 12.9. The van der Waals surface area contributed by atoms with Gasteiger partial charge in [-0.3, -0.25) is 11.3 Å². The van der Waals surface area contributed by atoms with Crippen LogP contribution in [0.15, 0.2) is 22.7 Å². The molecule has 0 heterocycles. The zero-order valence-electron chi connectivity index (χ0n) is 11.6. The lowest BCUT2D eigenvalue weighted by Gasteiger charge is -2.22. The highest BCUT2D eigenvalue weighted by molar-refractivity contribution is 9.10. The molecule has 1 atom stereocenters. The number of rotatable bonds is 8. The van der Waals surface area contributed by atoms with E-state index in [1.54, 1.807) is 6.07 Å². The molecule has 0 aliphatic carbocycles. The molecule has 108 valence electrons. The Morgan fingerprint density at radius 3 is 2.63 bits per heavy atom. The average molecular weight is 332 g/mol. The third kappa shape index (κ3) is 5.57. The van der Waals surface area contributed by atoms with Crippen LogP contribution in [0, 0.1) is 5.82 Å². The molecule has 0 fully saturated rings. The molecule has 3 nitrogen and oxygen atoms in total. The number of nitrogens with one attached hydrogen (secondary N) is 1. The van der Waals surface area contributed by atoms with Gasteiger partial charge in [-0.1, -0.05) is 29.8 Å². The van der Waals surface area contributed by atoms with Crippen LogP contribution in [-0.4, -0.2) is 30.6 Å². The lowest BCUT2D eigenvalue weighted by molar-refractivity contribution is 0.280. The number of hydrazine groups is 1. The fraction of sp³-hybridized carbons (Fsp3) is 0.571. The maximum atomic E-state index is 13.7. The molecule has 0 aliphatic rings. The SMILES string of the molecule is CCN(CC)CCC(Cc1cc(Br)ccc1F)NN. The highest BCUT2D eigenvalue weighted by Gasteiger charge is 2.12. The van der Waals surface area contributed by atoms with Gasteiger partial charge in [0.1, 0.15) is 5.82 Å². The second-order valence-electron chi connectivity index (χ2n) is 4.62. The van der Waals surface area contributed by atoms with Crippen molar-refractivity contribution in [2.75, 3.05) is 19.6 Å². The minimum atomic E-state index is -0.175. The molecule has 0 spiro atoms. The van der Waals surface area contributed by atoms with Crippen LogP contribution in [0.3, 0.4) is 0 Å². The van der Waals surface area contributed by atoms with Crippen molar-refractivity contribution in [3.8, 4) is 0 Å². The predicted molar refractivity (Wildman–Crippen MR) is 81.3 cm³/mol. The maximum absolute atomic E-state index is 13.7. The fourth-order valence-corrected chi connectivity index (χ4v) is 2.50. The number of benzene rings is 1. The van der Waals surface area contributed by atoms with Crippen molar-refractivity contribution in [3.63, 3.8) is 0 Å². The summed E-state index contributed by atoms with van der Waals surface area (Å²) in [6.07, 6.45) is 1.51. The van der Waals surface area contributed by atoms with Gasteiger partial charge in [0.05, 0.1) is 0 Å². The van der Waals surface area contributed by atoms with Gasteiger partial charge in [-0.2, -0.15) is 0 Å². The molecule has 1 rings (SSSR count). The summed E-state index contributed by atoms with van der Waals surface area (Å²) in [6, 6.07) is 5.10. The number of hydrogen-bond donors (Lipinski definition) is 2. The second kappa shape index (κ2) is 8.64. The first kappa shape index (κ1) is 16.6. The van der Waals surface area contributed by atoms with E-state index in [9.17, 15) is 4.39 Å². The quantitative estimate of drug-likeness (QED) is 0.568. The summed E-state index contributed by atoms with van der Waals surface area (Å²) in [7, 11) is 0. The third-order valence-electron chi connectivity index (χ3n) is 3.40. The van der Waals surface area contributed by atoms with Crippen LogP contribution in [0.5, 0.6) is 0 Å². The highest BCUT2D eigenvalue weighted by Crippen LogP contribution is 2.17. The molecule has 5 heteroatoms. The average Bonchev–Trinajstić information content (AvgIpc) is 2.42. The second-order valence-corrected chi connectivity index (χ2v) is 5.53. The largest absolute Gasteiger partial charge is 0.304 e. The van der Waals surface area contributed by atoms with Crippen LogP contribution in [0.25, 0.3) is 0 Å². The van der Waals surface area contributed by atoms with E-state index < -0.39 is 0 Å². The molecule has 0 saturated heterocycles. The highest BCUT2D eigenvalue weighted by atomic mass is 79.9. The van der Waals surface area contributed by atoms with E-state index in [1.807, 2.05) is 6.07 Å². The first-order valence-electron chi connectivity index (χ1n) is 6.73. The van der Waals surface area contributed by atoms with Crippen LogP contribution in [0.2, 0.25) is 0 Å². The van der Waals surface area contributed by atoms with Gasteiger partial charge >= 0.3 is 0 Å². The summed E-state index contributed by atoms with van der Waals surface area (Å²) in [4.78, 5) is 2.33. The van der Waals surface area contributed by atoms with Crippen molar-refractivity contribution in [2.45, 2.75) is 32.7 Å². The van der Waals surface area contributed by atoms with Crippen molar-refractivity contribution in [1.29, 1.82) is 0 Å². The molecule has 19 heavy (non-hydrogen) atoms. The van der Waals surface area contributed by atoms with E-state index in [0.717, 1.165) is 30.5 Å². The van der Waals surface area contributed by atoms with Gasteiger partial charge in [-0.05, 0) is 56.2 Å². The van der Waals surface area contributed by atoms with Gasteiger partial charge in [0.2, 0.25) is 0 Å². The van der Waals surface area contributed by atoms with Crippen LogP contribution >= 0.6 is 15.9 Å². The van der Waals surface area contributed by atoms with Crippen molar-refractivity contribution >= 4 is 15.9 Å². The summed E-state index contributed by atoms with van der Waals surface area (Å²) >= 11 is 3.37. The van der Waals surface area contributed by atoms with Crippen LogP contribution in [-0.2, 0) is 6.42 Å². The van der Waals surface area contributed by atoms with E-state index in [0.29, 0.717) is 12.0 Å². The van der Waals surface area contributed by atoms with E-state index in [-0.39, 0.29) is 11.9 Å². The van der Waals surface area contributed by atoms with Gasteiger partial charge in [0, 0.05) is 10.5 Å². The van der Waals surface area contributed by atoms with E-state index in [1.165, 1.54) is 6.07 Å². The summed E-state index contributed by atoms with van der Waals surface area (Å²) in [6.45, 7) is 7.31. The summed E-state index contributed by atoms with van der Waals surface area (Å²) in [5.41, 5.74) is 3.48. The van der Waals surface area contributed by atoms with Crippen LogP contribution in [0.4, 0.5) is 4.39 Å². The fourth-order valence-electron chi connectivity index (χ4n) is 2.09. The number of nitrogens with two attached hydrogens (primary N) is 1. The number of nitrogens with zero attached hydrogens (tertiary/aromatic N) is 1. The topological polar surface area (TPSA) is 41.3 Å². The van der Waals surface area contributed by atoms with E-state index in [4.69, 9.17) is 5.84 Å². The Morgan fingerprint density at radius 2 is 2.05 bits per heavy atom. The minimum absolute atomic E-state index is 0.0874. The van der Waals surface area contributed by atoms with Gasteiger partial charge < -0.3 is 4.90 Å². The van der Waals surface area contributed by atoms with Crippen LogP contribution in [0.1, 0.15) is 25.8 Å². The standard InChI is InChI=1S/C14H23BrFN3/c1-3-19(4-2)8-7-13(18-17)10-11-9-12(15)5-6-14(11)16/h5-6,9,13,18H,3-4,7-8,10,17H2,1-2H3. The third-order valence-corrected chi connectivity index (χ3v) is 3.89. The molecule has 3 N–H and O–H groups in total. The molecule has 0 radical (unpaired) electrons. The lowest BCUT2D eigenvalue weighted by Crippen LogP contribution is -2.40. The van der Waals surface area contributed by atoms with Crippen molar-refractivity contribution in [2.24, 2.45) is 5.84 Å². The molecule has 0 bridgehead atoms. The van der Waals surface area contributed by atoms with Gasteiger partial charge in [0.25, 0.3) is 0 Å². The first-order chi connectivity index (χ1) is 9.10. The molecule has 0 aromatic heterocycles. The molecular weight excluding hydrogens is 309 g/mol. The molecule has 0 aliphatic heterocycles. The van der Waals surface area contributed by atoms with Gasteiger partial charge in [0.15, 0.2) is 0 Å². The molecular formula is C14H23BrFN3. The maximum Gasteiger partial charge on any atom is 0.126 e. The van der Waals surface area contributed by atoms with E-state index in [2.05, 4.69) is 40.1 Å². The molecule has 0 saturated carbocycles. The molecule has 0 amide bonds. The Labute approximate surface area is 123 Å². The van der Waals surface area contributed by atoms with Gasteiger partial charge in [-0.25, -0.2) is 4.39 Å². The zero-order chi connectivity index (χ0) is 14.3. The Bertz CT molecular complexity index is 383. The Balaban J connectivity index is 2.58. The summed E-state index contributed by atoms with van der Waals surface area (Å²) < 4.78 is 14.6.